The van der Waals surface area contributed by atoms with Gasteiger partial charge in [0.05, 0.1) is 0 Å². The Hall–Kier alpha value is -1.77. The molecule has 18 heavy (non-hydrogen) atoms. The standard InChI is InChI=1S/C15H19NO2/c1-15(2,3)18-14(17)9-8-12-10-11-6-4-5-7-13(11)16-12/h4-9,12,16H,10H2,1-3H3/b9-8+/t12-/m0/s1. The molecule has 1 aliphatic heterocycles. The van der Waals surface area contributed by atoms with Crippen LogP contribution in [0.5, 0.6) is 0 Å². The van der Waals surface area contributed by atoms with Crippen molar-refractivity contribution < 1.29 is 9.53 Å². The predicted molar refractivity (Wildman–Crippen MR) is 72.5 cm³/mol. The van der Waals surface area contributed by atoms with Crippen molar-refractivity contribution in [3.8, 4) is 0 Å². The zero-order valence-electron chi connectivity index (χ0n) is 11.1. The fraction of sp³-hybridized carbons (Fsp3) is 0.400. The summed E-state index contributed by atoms with van der Waals surface area (Å²) in [6.07, 6.45) is 4.29. The predicted octanol–water partition coefficient (Wildman–Crippen LogP) is 2.92. The van der Waals surface area contributed by atoms with Crippen LogP contribution in [0.15, 0.2) is 36.4 Å². The van der Waals surface area contributed by atoms with Crippen molar-refractivity contribution in [3.63, 3.8) is 0 Å². The monoisotopic (exact) mass is 245 g/mol. The van der Waals surface area contributed by atoms with E-state index in [2.05, 4.69) is 17.4 Å². The first kappa shape index (κ1) is 12.7. The highest BCUT2D eigenvalue weighted by molar-refractivity contribution is 5.82. The molecule has 0 saturated heterocycles. The maximum absolute atomic E-state index is 11.6. The smallest absolute Gasteiger partial charge is 0.331 e. The van der Waals surface area contributed by atoms with E-state index < -0.39 is 5.60 Å². The third-order valence-corrected chi connectivity index (χ3v) is 2.67. The van der Waals surface area contributed by atoms with Crippen molar-refractivity contribution >= 4 is 11.7 Å². The lowest BCUT2D eigenvalue weighted by atomic mass is 10.1. The van der Waals surface area contributed by atoms with Crippen LogP contribution in [-0.4, -0.2) is 17.6 Å². The Morgan fingerprint density at radius 1 is 1.39 bits per heavy atom. The van der Waals surface area contributed by atoms with Crippen LogP contribution in [0.3, 0.4) is 0 Å². The Morgan fingerprint density at radius 3 is 2.78 bits per heavy atom. The number of rotatable bonds is 2. The second kappa shape index (κ2) is 4.84. The molecule has 3 heteroatoms. The minimum atomic E-state index is -0.437. The minimum Gasteiger partial charge on any atom is -0.457 e. The van der Waals surface area contributed by atoms with Crippen LogP contribution in [0.1, 0.15) is 26.3 Å². The zero-order valence-corrected chi connectivity index (χ0v) is 11.1. The van der Waals surface area contributed by atoms with Gasteiger partial charge in [-0.3, -0.25) is 0 Å². The van der Waals surface area contributed by atoms with E-state index in [0.29, 0.717) is 0 Å². The van der Waals surface area contributed by atoms with Gasteiger partial charge in [0, 0.05) is 17.8 Å². The molecule has 0 amide bonds. The number of para-hydroxylation sites is 1. The lowest BCUT2D eigenvalue weighted by Gasteiger charge is -2.18. The van der Waals surface area contributed by atoms with Gasteiger partial charge in [0.25, 0.3) is 0 Å². The van der Waals surface area contributed by atoms with Crippen LogP contribution < -0.4 is 5.32 Å². The molecule has 0 bridgehead atoms. The highest BCUT2D eigenvalue weighted by Gasteiger charge is 2.18. The van der Waals surface area contributed by atoms with E-state index in [0.717, 1.165) is 12.1 Å². The number of hydrogen-bond acceptors (Lipinski definition) is 3. The molecular formula is C15H19NO2. The topological polar surface area (TPSA) is 38.3 Å². The molecule has 1 aromatic rings. The number of anilines is 1. The lowest BCUT2D eigenvalue weighted by molar-refractivity contribution is -0.148. The van der Waals surface area contributed by atoms with Gasteiger partial charge in [-0.2, -0.15) is 0 Å². The molecule has 0 unspecified atom stereocenters. The third-order valence-electron chi connectivity index (χ3n) is 2.67. The number of nitrogens with one attached hydrogen (secondary N) is 1. The average molecular weight is 245 g/mol. The van der Waals surface area contributed by atoms with E-state index in [1.807, 2.05) is 39.0 Å². The van der Waals surface area contributed by atoms with Crippen molar-refractivity contribution in [2.24, 2.45) is 0 Å². The normalized spacial score (nSPS) is 18.5. The molecule has 1 atom stereocenters. The van der Waals surface area contributed by atoms with Crippen molar-refractivity contribution in [2.45, 2.75) is 38.8 Å². The van der Waals surface area contributed by atoms with Gasteiger partial charge < -0.3 is 10.1 Å². The van der Waals surface area contributed by atoms with Gasteiger partial charge >= 0.3 is 5.97 Å². The largest absolute Gasteiger partial charge is 0.457 e. The summed E-state index contributed by atoms with van der Waals surface area (Å²) in [5, 5.41) is 3.36. The van der Waals surface area contributed by atoms with Gasteiger partial charge in [-0.15, -0.1) is 0 Å². The molecule has 2 rings (SSSR count). The number of carbonyl (C=O) groups is 1. The maximum Gasteiger partial charge on any atom is 0.331 e. The second-order valence-corrected chi connectivity index (χ2v) is 5.50. The molecule has 96 valence electrons. The summed E-state index contributed by atoms with van der Waals surface area (Å²) in [6.45, 7) is 5.59. The third kappa shape index (κ3) is 3.36. The summed E-state index contributed by atoms with van der Waals surface area (Å²) in [4.78, 5) is 11.6. The van der Waals surface area contributed by atoms with Crippen molar-refractivity contribution in [1.29, 1.82) is 0 Å². The molecule has 1 N–H and O–H groups in total. The number of hydrogen-bond donors (Lipinski definition) is 1. The number of esters is 1. The Kier molecular flexibility index (Phi) is 3.41. The molecule has 0 aliphatic carbocycles. The molecule has 1 aromatic carbocycles. The van der Waals surface area contributed by atoms with E-state index in [1.54, 1.807) is 0 Å². The van der Waals surface area contributed by atoms with E-state index in [1.165, 1.54) is 11.6 Å². The van der Waals surface area contributed by atoms with Crippen molar-refractivity contribution in [2.75, 3.05) is 5.32 Å². The van der Waals surface area contributed by atoms with Gasteiger partial charge in [-0.05, 0) is 38.8 Å². The summed E-state index contributed by atoms with van der Waals surface area (Å²) in [5.74, 6) is -0.291. The SMILES string of the molecule is CC(C)(C)OC(=O)/C=C/[C@H]1Cc2ccccc2N1. The van der Waals surface area contributed by atoms with Crippen molar-refractivity contribution in [1.82, 2.24) is 0 Å². The molecule has 0 aromatic heterocycles. The van der Waals surface area contributed by atoms with Gasteiger partial charge in [-0.1, -0.05) is 24.3 Å². The Balaban J connectivity index is 1.91. The average Bonchev–Trinajstić information content (AvgIpc) is 2.66. The fourth-order valence-electron chi connectivity index (χ4n) is 1.97. The van der Waals surface area contributed by atoms with Gasteiger partial charge in [0.15, 0.2) is 0 Å². The van der Waals surface area contributed by atoms with Crippen LogP contribution in [0.25, 0.3) is 0 Å². The highest BCUT2D eigenvalue weighted by atomic mass is 16.6. The van der Waals surface area contributed by atoms with E-state index in [4.69, 9.17) is 4.74 Å². The first-order valence-electron chi connectivity index (χ1n) is 6.20. The fourth-order valence-corrected chi connectivity index (χ4v) is 1.97. The molecule has 3 nitrogen and oxygen atoms in total. The molecule has 0 saturated carbocycles. The van der Waals surface area contributed by atoms with Gasteiger partial charge in [0.1, 0.15) is 5.60 Å². The van der Waals surface area contributed by atoms with Crippen LogP contribution >= 0.6 is 0 Å². The van der Waals surface area contributed by atoms with E-state index in [-0.39, 0.29) is 12.0 Å². The summed E-state index contributed by atoms with van der Waals surface area (Å²) in [7, 11) is 0. The molecule has 0 fully saturated rings. The second-order valence-electron chi connectivity index (χ2n) is 5.50. The number of carbonyl (C=O) groups excluding carboxylic acids is 1. The summed E-state index contributed by atoms with van der Waals surface area (Å²) < 4.78 is 5.22. The molecule has 1 heterocycles. The minimum absolute atomic E-state index is 0.176. The number of benzene rings is 1. The van der Waals surface area contributed by atoms with E-state index >= 15 is 0 Å². The maximum atomic E-state index is 11.6. The van der Waals surface area contributed by atoms with Crippen LogP contribution in [-0.2, 0) is 16.0 Å². The van der Waals surface area contributed by atoms with Crippen LogP contribution in [0.4, 0.5) is 5.69 Å². The van der Waals surface area contributed by atoms with Gasteiger partial charge in [-0.25, -0.2) is 4.79 Å². The summed E-state index contributed by atoms with van der Waals surface area (Å²) >= 11 is 0. The molecule has 0 spiro atoms. The highest BCUT2D eigenvalue weighted by Crippen LogP contribution is 2.25. The summed E-state index contributed by atoms with van der Waals surface area (Å²) in [6, 6.07) is 8.36. The Labute approximate surface area is 108 Å². The van der Waals surface area contributed by atoms with Gasteiger partial charge in [0.2, 0.25) is 0 Å². The first-order valence-corrected chi connectivity index (χ1v) is 6.20. The lowest BCUT2D eigenvalue weighted by Crippen LogP contribution is -2.23. The van der Waals surface area contributed by atoms with Crippen molar-refractivity contribution in [3.05, 3.63) is 42.0 Å². The van der Waals surface area contributed by atoms with Crippen LogP contribution in [0.2, 0.25) is 0 Å². The Bertz CT molecular complexity index is 447. The van der Waals surface area contributed by atoms with E-state index in [9.17, 15) is 4.79 Å². The Morgan fingerprint density at radius 2 is 2.11 bits per heavy atom. The molecular weight excluding hydrogens is 226 g/mol. The zero-order chi connectivity index (χ0) is 13.2. The molecule has 0 radical (unpaired) electrons. The quantitative estimate of drug-likeness (QED) is 0.643. The first-order chi connectivity index (χ1) is 8.44. The number of ether oxygens (including phenoxy) is 1. The molecule has 1 aliphatic rings. The van der Waals surface area contributed by atoms with Crippen LogP contribution in [0, 0.1) is 0 Å². The summed E-state index contributed by atoms with van der Waals surface area (Å²) in [5.41, 5.74) is 2.00. The number of fused-ring (bicyclic) bond motifs is 1.